The fraction of sp³-hybridized carbons (Fsp3) is 0.176. The van der Waals surface area contributed by atoms with Gasteiger partial charge < -0.3 is 10.6 Å². The summed E-state index contributed by atoms with van der Waals surface area (Å²) in [7, 11) is -2.54. The van der Waals surface area contributed by atoms with Crippen LogP contribution in [0.25, 0.3) is 0 Å². The van der Waals surface area contributed by atoms with Crippen LogP contribution in [0.4, 0.5) is 10.5 Å². The maximum absolute atomic E-state index is 12.3. The summed E-state index contributed by atoms with van der Waals surface area (Å²) in [5.74, 6) is -0.695. The summed E-state index contributed by atoms with van der Waals surface area (Å²) in [4.78, 5) is 23.4. The van der Waals surface area contributed by atoms with Gasteiger partial charge in [-0.3, -0.25) is 4.79 Å². The van der Waals surface area contributed by atoms with Gasteiger partial charge in [0.15, 0.2) is 0 Å². The zero-order valence-corrected chi connectivity index (χ0v) is 14.9. The van der Waals surface area contributed by atoms with Crippen LogP contribution < -0.4 is 15.4 Å². The number of hydrogen-bond donors (Lipinski definition) is 3. The average molecular weight is 361 g/mol. The van der Waals surface area contributed by atoms with Crippen LogP contribution in [-0.2, 0) is 10.0 Å². The summed E-state index contributed by atoms with van der Waals surface area (Å²) in [6.45, 7) is 3.66. The molecule has 0 heterocycles. The largest absolute Gasteiger partial charge is 0.341 e. The van der Waals surface area contributed by atoms with Crippen molar-refractivity contribution in [3.05, 3.63) is 59.2 Å². The first-order chi connectivity index (χ1) is 11.7. The molecule has 0 aromatic heterocycles. The van der Waals surface area contributed by atoms with Crippen molar-refractivity contribution >= 4 is 27.6 Å². The molecule has 0 fully saturated rings. The molecule has 3 N–H and O–H groups in total. The molecular weight excluding hydrogens is 342 g/mol. The van der Waals surface area contributed by atoms with E-state index in [4.69, 9.17) is 0 Å². The Morgan fingerprint density at radius 1 is 0.920 bits per heavy atom. The number of benzene rings is 2. The van der Waals surface area contributed by atoms with Crippen LogP contribution in [0.1, 0.15) is 21.5 Å². The Hall–Kier alpha value is -2.87. The van der Waals surface area contributed by atoms with Crippen LogP contribution in [-0.4, -0.2) is 27.4 Å². The maximum atomic E-state index is 12.3. The smallest absolute Gasteiger partial charge is 0.318 e. The van der Waals surface area contributed by atoms with Crippen LogP contribution in [0.3, 0.4) is 0 Å². The maximum Gasteiger partial charge on any atom is 0.318 e. The van der Waals surface area contributed by atoms with Crippen molar-refractivity contribution in [2.24, 2.45) is 0 Å². The Balaban J connectivity index is 2.18. The highest BCUT2D eigenvalue weighted by Crippen LogP contribution is 2.15. The van der Waals surface area contributed by atoms with E-state index < -0.39 is 22.0 Å². The van der Waals surface area contributed by atoms with Gasteiger partial charge in [-0.1, -0.05) is 17.2 Å². The molecule has 0 spiro atoms. The molecule has 2 aromatic rings. The standard InChI is InChI=1S/C17H19N3O4S/c1-11-8-12(2)10-13(9-11)16(21)20-25(23,24)15-6-4-14(5-7-15)19-17(22)18-3/h4-10H,1-3H3,(H,20,21)(H2,18,19,22). The third-order valence-electron chi connectivity index (χ3n) is 3.36. The second kappa shape index (κ2) is 7.35. The molecule has 0 bridgehead atoms. The van der Waals surface area contributed by atoms with Gasteiger partial charge in [-0.15, -0.1) is 0 Å². The number of carbonyl (C=O) groups is 2. The topological polar surface area (TPSA) is 104 Å². The van der Waals surface area contributed by atoms with Crippen molar-refractivity contribution < 1.29 is 18.0 Å². The number of sulfonamides is 1. The molecular formula is C17H19N3O4S. The first kappa shape index (κ1) is 18.5. The highest BCUT2D eigenvalue weighted by Gasteiger charge is 2.19. The number of hydrogen-bond acceptors (Lipinski definition) is 4. The van der Waals surface area contributed by atoms with Crippen LogP contribution >= 0.6 is 0 Å². The van der Waals surface area contributed by atoms with Gasteiger partial charge in [0.1, 0.15) is 0 Å². The predicted molar refractivity (Wildman–Crippen MR) is 95.1 cm³/mol. The van der Waals surface area contributed by atoms with Crippen LogP contribution in [0.5, 0.6) is 0 Å². The summed E-state index contributed by atoms with van der Waals surface area (Å²) in [6.07, 6.45) is 0. The first-order valence-electron chi connectivity index (χ1n) is 7.45. The Labute approximate surface area is 146 Å². The third kappa shape index (κ3) is 4.80. The summed E-state index contributed by atoms with van der Waals surface area (Å²) >= 11 is 0. The van der Waals surface area contributed by atoms with Gasteiger partial charge in [0.2, 0.25) is 0 Å². The molecule has 3 amide bonds. The third-order valence-corrected chi connectivity index (χ3v) is 4.71. The number of urea groups is 1. The number of nitrogens with one attached hydrogen (secondary N) is 3. The second-order valence-electron chi connectivity index (χ2n) is 5.54. The second-order valence-corrected chi connectivity index (χ2v) is 7.22. The Morgan fingerprint density at radius 3 is 2.00 bits per heavy atom. The van der Waals surface area contributed by atoms with Crippen LogP contribution in [0.15, 0.2) is 47.4 Å². The molecule has 25 heavy (non-hydrogen) atoms. The highest BCUT2D eigenvalue weighted by molar-refractivity contribution is 7.90. The summed E-state index contributed by atoms with van der Waals surface area (Å²) in [6, 6.07) is 10.2. The summed E-state index contributed by atoms with van der Waals surface area (Å²) in [5, 5.41) is 4.90. The molecule has 0 aliphatic carbocycles. The zero-order chi connectivity index (χ0) is 18.6. The van der Waals surface area contributed by atoms with Crippen LogP contribution in [0.2, 0.25) is 0 Å². The molecule has 2 aromatic carbocycles. The molecule has 0 aliphatic rings. The van der Waals surface area contributed by atoms with E-state index in [2.05, 4.69) is 10.6 Å². The minimum Gasteiger partial charge on any atom is -0.341 e. The van der Waals surface area contributed by atoms with E-state index in [1.807, 2.05) is 24.6 Å². The lowest BCUT2D eigenvalue weighted by Gasteiger charge is -2.09. The fourth-order valence-corrected chi connectivity index (χ4v) is 3.23. The molecule has 0 saturated carbocycles. The van der Waals surface area contributed by atoms with Crippen molar-refractivity contribution in [2.45, 2.75) is 18.7 Å². The number of rotatable bonds is 4. The molecule has 8 heteroatoms. The van der Waals surface area contributed by atoms with Crippen molar-refractivity contribution in [1.82, 2.24) is 10.0 Å². The molecule has 2 rings (SSSR count). The molecule has 7 nitrogen and oxygen atoms in total. The van der Waals surface area contributed by atoms with Gasteiger partial charge in [-0.25, -0.2) is 17.9 Å². The zero-order valence-electron chi connectivity index (χ0n) is 14.1. The normalized spacial score (nSPS) is 10.8. The molecule has 0 radical (unpaired) electrons. The Morgan fingerprint density at radius 2 is 1.48 bits per heavy atom. The first-order valence-corrected chi connectivity index (χ1v) is 8.94. The predicted octanol–water partition coefficient (Wildman–Crippen LogP) is 2.17. The fourth-order valence-electron chi connectivity index (χ4n) is 2.26. The molecule has 0 aliphatic heterocycles. The van der Waals surface area contributed by atoms with E-state index in [9.17, 15) is 18.0 Å². The quantitative estimate of drug-likeness (QED) is 0.776. The van der Waals surface area contributed by atoms with Gasteiger partial charge in [0.05, 0.1) is 4.90 Å². The van der Waals surface area contributed by atoms with Gasteiger partial charge in [0.25, 0.3) is 15.9 Å². The molecule has 0 unspecified atom stereocenters. The van der Waals surface area contributed by atoms with E-state index in [1.54, 1.807) is 12.1 Å². The number of amides is 3. The van der Waals surface area contributed by atoms with Crippen molar-refractivity contribution in [1.29, 1.82) is 0 Å². The summed E-state index contributed by atoms with van der Waals surface area (Å²) < 4.78 is 26.7. The highest BCUT2D eigenvalue weighted by atomic mass is 32.2. The number of anilines is 1. The minimum absolute atomic E-state index is 0.0762. The summed E-state index contributed by atoms with van der Waals surface area (Å²) in [5.41, 5.74) is 2.44. The molecule has 0 atom stereocenters. The lowest BCUT2D eigenvalue weighted by atomic mass is 10.1. The van der Waals surface area contributed by atoms with E-state index in [0.717, 1.165) is 11.1 Å². The van der Waals surface area contributed by atoms with E-state index in [1.165, 1.54) is 31.3 Å². The van der Waals surface area contributed by atoms with E-state index in [-0.39, 0.29) is 10.5 Å². The molecule has 0 saturated heterocycles. The van der Waals surface area contributed by atoms with Gasteiger partial charge >= 0.3 is 6.03 Å². The SMILES string of the molecule is CNC(=O)Nc1ccc(S(=O)(=O)NC(=O)c2cc(C)cc(C)c2)cc1. The lowest BCUT2D eigenvalue weighted by molar-refractivity contribution is 0.0981. The molecule has 132 valence electrons. The minimum atomic E-state index is -4.01. The van der Waals surface area contributed by atoms with Gasteiger partial charge in [-0.2, -0.15) is 0 Å². The number of aryl methyl sites for hydroxylation is 2. The van der Waals surface area contributed by atoms with Crippen molar-refractivity contribution in [2.75, 3.05) is 12.4 Å². The van der Waals surface area contributed by atoms with Crippen molar-refractivity contribution in [3.8, 4) is 0 Å². The van der Waals surface area contributed by atoms with Crippen LogP contribution in [0, 0.1) is 13.8 Å². The van der Waals surface area contributed by atoms with Crippen molar-refractivity contribution in [3.63, 3.8) is 0 Å². The lowest BCUT2D eigenvalue weighted by Crippen LogP contribution is -2.30. The Bertz CT molecular complexity index is 886. The Kier molecular flexibility index (Phi) is 5.43. The van der Waals surface area contributed by atoms with E-state index in [0.29, 0.717) is 5.69 Å². The monoisotopic (exact) mass is 361 g/mol. The van der Waals surface area contributed by atoms with Gasteiger partial charge in [0, 0.05) is 18.3 Å². The van der Waals surface area contributed by atoms with Gasteiger partial charge in [-0.05, 0) is 50.2 Å². The van der Waals surface area contributed by atoms with E-state index >= 15 is 0 Å². The number of carbonyl (C=O) groups excluding carboxylic acids is 2. The average Bonchev–Trinajstić information content (AvgIpc) is 2.54.